The molecule has 14 nitrogen and oxygen atoms in total. The summed E-state index contributed by atoms with van der Waals surface area (Å²) >= 11 is 0. The van der Waals surface area contributed by atoms with Crippen LogP contribution < -0.4 is 0 Å². The average molecular weight is 1110 g/mol. The Kier molecular flexibility index (Phi) is 46.8. The van der Waals surface area contributed by atoms with E-state index in [-0.39, 0.29) is 25.6 Å². The van der Waals surface area contributed by atoms with Gasteiger partial charge in [-0.05, 0) is 77.0 Å². The molecule has 0 radical (unpaired) electrons. The Balaban J connectivity index is 1.67. The maximum absolute atomic E-state index is 13.1. The van der Waals surface area contributed by atoms with Crippen molar-refractivity contribution in [1.82, 2.24) is 0 Å². The van der Waals surface area contributed by atoms with Crippen molar-refractivity contribution in [2.24, 2.45) is 0 Å². The maximum Gasteiger partial charge on any atom is 0.306 e. The third kappa shape index (κ3) is 36.4. The number of ether oxygens (including phenoxy) is 6. The van der Waals surface area contributed by atoms with E-state index in [0.717, 1.165) is 57.8 Å². The smallest absolute Gasteiger partial charge is 0.306 e. The van der Waals surface area contributed by atoms with Crippen LogP contribution in [0.2, 0.25) is 0 Å². The van der Waals surface area contributed by atoms with Crippen molar-refractivity contribution in [1.29, 1.82) is 0 Å². The van der Waals surface area contributed by atoms with E-state index in [2.05, 4.69) is 62.5 Å². The summed E-state index contributed by atoms with van der Waals surface area (Å²) in [5.74, 6) is -0.377. The van der Waals surface area contributed by atoms with Crippen LogP contribution in [0.5, 0.6) is 0 Å². The van der Waals surface area contributed by atoms with Crippen molar-refractivity contribution < 1.29 is 69.0 Å². The minimum Gasteiger partial charge on any atom is -0.457 e. The quantitative estimate of drug-likeness (QED) is 0.0172. The lowest BCUT2D eigenvalue weighted by Gasteiger charge is -2.42. The standard InChI is InChI=1S/C64H116O14/c1-3-5-7-9-11-13-15-17-19-21-23-24-25-26-27-28-29-31-33-35-37-39-41-43-45-47-56(66)76-53(50-73-48-46-44-42-40-38-36-34-32-30-22-20-18-16-14-12-10-8-6-4-2)51-74-63-62(72)60(70)58(68)55(78-63)52-75-64-61(71)59(69)57(67)54(49-65)77-64/h14-17,20-23,53-55,57-65,67-72H,3-13,18-19,24-52H2,1-2H3/b16-14-,17-15-,22-20-,23-21-. The number of carbonyl (C=O) groups is 1. The van der Waals surface area contributed by atoms with Crippen LogP contribution in [-0.2, 0) is 33.2 Å². The van der Waals surface area contributed by atoms with Crippen molar-refractivity contribution in [2.75, 3.05) is 33.0 Å². The van der Waals surface area contributed by atoms with Crippen molar-refractivity contribution >= 4 is 5.97 Å². The second-order valence-corrected chi connectivity index (χ2v) is 22.2. The molecular weight excluding hydrogens is 993 g/mol. The molecule has 0 saturated carbocycles. The fraction of sp³-hybridized carbons (Fsp3) is 0.859. The van der Waals surface area contributed by atoms with E-state index in [9.17, 15) is 40.5 Å². The number of aliphatic hydroxyl groups is 7. The van der Waals surface area contributed by atoms with Gasteiger partial charge in [-0.2, -0.15) is 0 Å². The molecule has 7 N–H and O–H groups in total. The van der Waals surface area contributed by atoms with E-state index >= 15 is 0 Å². The van der Waals surface area contributed by atoms with Crippen molar-refractivity contribution in [3.05, 3.63) is 48.6 Å². The molecule has 2 fully saturated rings. The Morgan fingerprint density at radius 1 is 0.423 bits per heavy atom. The summed E-state index contributed by atoms with van der Waals surface area (Å²) in [6.07, 6.45) is 46.0. The Morgan fingerprint density at radius 3 is 1.24 bits per heavy atom. The number of unbranched alkanes of at least 4 members (excludes halogenated alkanes) is 30. The summed E-state index contributed by atoms with van der Waals surface area (Å²) in [4.78, 5) is 13.1. The van der Waals surface area contributed by atoms with Crippen LogP contribution in [0, 0.1) is 0 Å². The lowest BCUT2D eigenvalue weighted by molar-refractivity contribution is -0.332. The highest BCUT2D eigenvalue weighted by Gasteiger charge is 2.47. The van der Waals surface area contributed by atoms with E-state index in [1.54, 1.807) is 0 Å². The van der Waals surface area contributed by atoms with E-state index < -0.39 is 80.7 Å². The van der Waals surface area contributed by atoms with Gasteiger partial charge in [0.15, 0.2) is 12.6 Å². The fourth-order valence-electron chi connectivity index (χ4n) is 9.94. The van der Waals surface area contributed by atoms with Gasteiger partial charge in [-0.3, -0.25) is 4.79 Å². The summed E-state index contributed by atoms with van der Waals surface area (Å²) in [5, 5.41) is 72.5. The zero-order valence-corrected chi connectivity index (χ0v) is 49.2. The predicted octanol–water partition coefficient (Wildman–Crippen LogP) is 12.3. The van der Waals surface area contributed by atoms with Crippen molar-refractivity contribution in [3.8, 4) is 0 Å². The molecule has 0 aromatic rings. The molecule has 0 aliphatic carbocycles. The van der Waals surface area contributed by atoms with Crippen molar-refractivity contribution in [3.63, 3.8) is 0 Å². The molecule has 2 aliphatic heterocycles. The number of aliphatic hydroxyl groups excluding tert-OH is 7. The molecule has 0 aromatic heterocycles. The van der Waals surface area contributed by atoms with Gasteiger partial charge in [0, 0.05) is 13.0 Å². The first-order valence-corrected chi connectivity index (χ1v) is 31.7. The van der Waals surface area contributed by atoms with Gasteiger partial charge in [-0.25, -0.2) is 0 Å². The molecule has 0 bridgehead atoms. The minimum absolute atomic E-state index is 0.0579. The molecule has 78 heavy (non-hydrogen) atoms. The Labute approximate surface area is 473 Å². The summed E-state index contributed by atoms with van der Waals surface area (Å²) in [5.41, 5.74) is 0. The first-order chi connectivity index (χ1) is 38.1. The van der Waals surface area contributed by atoms with Crippen LogP contribution >= 0.6 is 0 Å². The minimum atomic E-state index is -1.71. The molecule has 0 amide bonds. The molecule has 2 aliphatic rings. The Hall–Kier alpha value is -2.05. The lowest BCUT2D eigenvalue weighted by atomic mass is 9.98. The highest BCUT2D eigenvalue weighted by atomic mass is 16.7. The molecule has 14 heteroatoms. The first-order valence-electron chi connectivity index (χ1n) is 31.7. The zero-order chi connectivity index (χ0) is 56.5. The third-order valence-corrected chi connectivity index (χ3v) is 15.1. The average Bonchev–Trinajstić information content (AvgIpc) is 3.46. The predicted molar refractivity (Wildman–Crippen MR) is 312 cm³/mol. The van der Waals surface area contributed by atoms with Gasteiger partial charge in [0.1, 0.15) is 54.9 Å². The SMILES string of the molecule is CCCCCC/C=C\C/C=C\CCCCCCCCCCOCC(COC1OC(COC2OC(CO)C(O)C(O)C2O)C(O)C(O)C1O)OC(=O)CCCCCCCCCCCCCCC/C=C\C/C=C\CCCCCCC. The van der Waals surface area contributed by atoms with Crippen molar-refractivity contribution in [2.45, 2.75) is 319 Å². The monoisotopic (exact) mass is 1110 g/mol. The van der Waals surface area contributed by atoms with Crippen LogP contribution in [0.25, 0.3) is 0 Å². The Bertz CT molecular complexity index is 1470. The highest BCUT2D eigenvalue weighted by Crippen LogP contribution is 2.27. The third-order valence-electron chi connectivity index (χ3n) is 15.1. The number of hydrogen-bond acceptors (Lipinski definition) is 14. The summed E-state index contributed by atoms with van der Waals surface area (Å²) in [6.45, 7) is 3.68. The van der Waals surface area contributed by atoms with Gasteiger partial charge in [0.05, 0.1) is 26.4 Å². The van der Waals surface area contributed by atoms with E-state index in [1.807, 2.05) is 0 Å². The molecular formula is C64H116O14. The van der Waals surface area contributed by atoms with Gasteiger partial charge in [0.25, 0.3) is 0 Å². The molecule has 11 atom stereocenters. The number of rotatable bonds is 52. The molecule has 2 saturated heterocycles. The zero-order valence-electron chi connectivity index (χ0n) is 49.2. The van der Waals surface area contributed by atoms with Crippen LogP contribution in [0.15, 0.2) is 48.6 Å². The van der Waals surface area contributed by atoms with Gasteiger partial charge in [-0.15, -0.1) is 0 Å². The number of allylic oxidation sites excluding steroid dienone is 8. The summed E-state index contributed by atoms with van der Waals surface area (Å²) in [6, 6.07) is 0. The highest BCUT2D eigenvalue weighted by molar-refractivity contribution is 5.69. The fourth-order valence-corrected chi connectivity index (χ4v) is 9.94. The van der Waals surface area contributed by atoms with Gasteiger partial charge in [-0.1, -0.05) is 217 Å². The van der Waals surface area contributed by atoms with Gasteiger partial charge < -0.3 is 64.2 Å². The van der Waals surface area contributed by atoms with E-state index in [1.165, 1.54) is 167 Å². The molecule has 456 valence electrons. The van der Waals surface area contributed by atoms with Gasteiger partial charge >= 0.3 is 5.97 Å². The van der Waals surface area contributed by atoms with Crippen LogP contribution in [0.3, 0.4) is 0 Å². The molecule has 11 unspecified atom stereocenters. The summed E-state index contributed by atoms with van der Waals surface area (Å²) in [7, 11) is 0. The second-order valence-electron chi connectivity index (χ2n) is 22.2. The second kappa shape index (κ2) is 50.7. The number of hydrogen-bond donors (Lipinski definition) is 7. The van der Waals surface area contributed by atoms with Gasteiger partial charge in [0.2, 0.25) is 0 Å². The molecule has 2 rings (SSSR count). The number of carbonyl (C=O) groups excluding carboxylic acids is 1. The molecule has 0 spiro atoms. The largest absolute Gasteiger partial charge is 0.457 e. The molecule has 0 aromatic carbocycles. The maximum atomic E-state index is 13.1. The van der Waals surface area contributed by atoms with Crippen LogP contribution in [0.1, 0.15) is 251 Å². The van der Waals surface area contributed by atoms with E-state index in [0.29, 0.717) is 13.0 Å². The normalized spacial score (nSPS) is 24.4. The molecule has 2 heterocycles. The lowest BCUT2D eigenvalue weighted by Crippen LogP contribution is -2.61. The topological polar surface area (TPSA) is 214 Å². The van der Waals surface area contributed by atoms with Crippen LogP contribution in [-0.4, -0.2) is 142 Å². The summed E-state index contributed by atoms with van der Waals surface area (Å²) < 4.78 is 34.5. The first kappa shape index (κ1) is 72.1. The number of esters is 1. The Morgan fingerprint density at radius 2 is 0.795 bits per heavy atom. The van der Waals surface area contributed by atoms with E-state index in [4.69, 9.17) is 28.4 Å². The van der Waals surface area contributed by atoms with Crippen LogP contribution in [0.4, 0.5) is 0 Å².